The molecule has 0 bridgehead atoms. The number of hydrogen-bond acceptors (Lipinski definition) is 3. The number of ether oxygens (including phenoxy) is 1. The van der Waals surface area contributed by atoms with E-state index in [9.17, 15) is 4.79 Å². The summed E-state index contributed by atoms with van der Waals surface area (Å²) in [5, 5.41) is 0. The molecule has 0 aromatic carbocycles. The predicted octanol–water partition coefficient (Wildman–Crippen LogP) is 2.40. The van der Waals surface area contributed by atoms with E-state index in [1.807, 2.05) is 20.8 Å². The van der Waals surface area contributed by atoms with Gasteiger partial charge in [0.05, 0.1) is 0 Å². The van der Waals surface area contributed by atoms with E-state index in [1.54, 1.807) is 0 Å². The molecule has 1 fully saturated rings. The topological polar surface area (TPSA) is 52.3 Å². The van der Waals surface area contributed by atoms with Gasteiger partial charge in [0.2, 0.25) is 0 Å². The second-order valence-corrected chi connectivity index (χ2v) is 5.67. The van der Waals surface area contributed by atoms with Gasteiger partial charge in [-0.25, -0.2) is 0 Å². The first-order valence-electron chi connectivity index (χ1n) is 5.94. The fourth-order valence-electron chi connectivity index (χ4n) is 2.06. The highest BCUT2D eigenvalue weighted by atomic mass is 16.6. The van der Waals surface area contributed by atoms with Gasteiger partial charge in [-0.3, -0.25) is 4.79 Å². The number of carbonyl (C=O) groups is 1. The van der Waals surface area contributed by atoms with Crippen molar-refractivity contribution in [2.75, 3.05) is 0 Å². The van der Waals surface area contributed by atoms with E-state index in [0.29, 0.717) is 0 Å². The summed E-state index contributed by atoms with van der Waals surface area (Å²) < 4.78 is 5.29. The van der Waals surface area contributed by atoms with Crippen LogP contribution in [0.15, 0.2) is 12.2 Å². The van der Waals surface area contributed by atoms with Gasteiger partial charge in [0.1, 0.15) is 11.6 Å². The highest BCUT2D eigenvalue weighted by Gasteiger charge is 2.30. The average molecular weight is 225 g/mol. The first kappa shape index (κ1) is 13.2. The summed E-state index contributed by atoms with van der Waals surface area (Å²) in [5.41, 5.74) is 6.69. The highest BCUT2D eigenvalue weighted by molar-refractivity contribution is 5.76. The zero-order chi connectivity index (χ0) is 12.3. The van der Waals surface area contributed by atoms with E-state index < -0.39 is 11.6 Å². The molecule has 0 radical (unpaired) electrons. The fraction of sp³-hybridized carbons (Fsp3) is 0.769. The number of carbonyl (C=O) groups excluding carboxylic acids is 1. The monoisotopic (exact) mass is 225 g/mol. The van der Waals surface area contributed by atoms with Gasteiger partial charge in [-0.1, -0.05) is 12.2 Å². The molecule has 0 spiro atoms. The summed E-state index contributed by atoms with van der Waals surface area (Å²) in [6.45, 7) is 9.55. The lowest BCUT2D eigenvalue weighted by atomic mass is 9.82. The van der Waals surface area contributed by atoms with Crippen molar-refractivity contribution in [3.05, 3.63) is 12.2 Å². The molecule has 1 aliphatic carbocycles. The summed E-state index contributed by atoms with van der Waals surface area (Å²) in [6, 6.07) is -0.503. The molecule has 0 aromatic rings. The van der Waals surface area contributed by atoms with Gasteiger partial charge in [0.25, 0.3) is 0 Å². The van der Waals surface area contributed by atoms with Crippen molar-refractivity contribution >= 4 is 5.97 Å². The fourth-order valence-corrected chi connectivity index (χ4v) is 2.06. The molecule has 92 valence electrons. The average Bonchev–Trinajstić information content (AvgIpc) is 2.14. The Bertz CT molecular complexity index is 278. The van der Waals surface area contributed by atoms with Gasteiger partial charge in [0, 0.05) is 0 Å². The summed E-state index contributed by atoms with van der Waals surface area (Å²) >= 11 is 0. The van der Waals surface area contributed by atoms with Crippen LogP contribution in [0.5, 0.6) is 0 Å². The van der Waals surface area contributed by atoms with Crippen LogP contribution >= 0.6 is 0 Å². The van der Waals surface area contributed by atoms with E-state index in [2.05, 4.69) is 6.58 Å². The number of esters is 1. The van der Waals surface area contributed by atoms with Gasteiger partial charge in [-0.2, -0.15) is 0 Å². The van der Waals surface area contributed by atoms with Crippen LogP contribution in [-0.4, -0.2) is 17.6 Å². The maximum Gasteiger partial charge on any atom is 0.323 e. The Hall–Kier alpha value is -0.830. The Morgan fingerprint density at radius 3 is 2.69 bits per heavy atom. The number of hydrogen-bond donors (Lipinski definition) is 1. The molecule has 2 atom stereocenters. The van der Waals surface area contributed by atoms with E-state index in [0.717, 1.165) is 25.7 Å². The number of nitrogens with two attached hydrogens (primary N) is 1. The molecule has 0 aliphatic heterocycles. The number of allylic oxidation sites excluding steroid dienone is 1. The largest absolute Gasteiger partial charge is 0.459 e. The third kappa shape index (κ3) is 3.97. The third-order valence-electron chi connectivity index (χ3n) is 2.84. The SMILES string of the molecule is C=C1CCC[C@H]([C@H](N)C(=O)OC(C)(C)C)C1. The lowest BCUT2D eigenvalue weighted by Gasteiger charge is -2.29. The van der Waals surface area contributed by atoms with Crippen molar-refractivity contribution in [3.63, 3.8) is 0 Å². The molecule has 0 saturated heterocycles. The van der Waals surface area contributed by atoms with Crippen molar-refractivity contribution in [1.82, 2.24) is 0 Å². The molecule has 3 heteroatoms. The maximum absolute atomic E-state index is 11.8. The molecule has 0 amide bonds. The van der Waals surface area contributed by atoms with Gasteiger partial charge in [0.15, 0.2) is 0 Å². The molecule has 2 N–H and O–H groups in total. The van der Waals surface area contributed by atoms with Gasteiger partial charge < -0.3 is 10.5 Å². The molecular formula is C13H23NO2. The molecule has 0 unspecified atom stereocenters. The lowest BCUT2D eigenvalue weighted by Crippen LogP contribution is -2.43. The van der Waals surface area contributed by atoms with Crippen molar-refractivity contribution < 1.29 is 9.53 Å². The Morgan fingerprint density at radius 2 is 2.19 bits per heavy atom. The van der Waals surface area contributed by atoms with Crippen LogP contribution in [-0.2, 0) is 9.53 Å². The van der Waals surface area contributed by atoms with Crippen LogP contribution < -0.4 is 5.73 Å². The first-order valence-corrected chi connectivity index (χ1v) is 5.94. The van der Waals surface area contributed by atoms with E-state index >= 15 is 0 Å². The zero-order valence-corrected chi connectivity index (χ0v) is 10.6. The van der Waals surface area contributed by atoms with Crippen LogP contribution in [0.1, 0.15) is 46.5 Å². The van der Waals surface area contributed by atoms with Gasteiger partial charge in [-0.05, 0) is 52.4 Å². The highest BCUT2D eigenvalue weighted by Crippen LogP contribution is 2.29. The van der Waals surface area contributed by atoms with Crippen molar-refractivity contribution in [1.29, 1.82) is 0 Å². The van der Waals surface area contributed by atoms with Crippen LogP contribution in [0, 0.1) is 5.92 Å². The number of rotatable bonds is 2. The minimum atomic E-state index is -0.503. The summed E-state index contributed by atoms with van der Waals surface area (Å²) in [4.78, 5) is 11.8. The Balaban J connectivity index is 2.53. The Kier molecular flexibility index (Phi) is 4.14. The quantitative estimate of drug-likeness (QED) is 0.580. The summed E-state index contributed by atoms with van der Waals surface area (Å²) in [6.07, 6.45) is 4.01. The second kappa shape index (κ2) is 5.00. The molecule has 1 rings (SSSR count). The third-order valence-corrected chi connectivity index (χ3v) is 2.84. The Morgan fingerprint density at radius 1 is 1.56 bits per heavy atom. The molecule has 3 nitrogen and oxygen atoms in total. The molecule has 0 heterocycles. The molecule has 1 aliphatic rings. The van der Waals surface area contributed by atoms with Crippen LogP contribution in [0.4, 0.5) is 0 Å². The Labute approximate surface area is 98.0 Å². The smallest absolute Gasteiger partial charge is 0.323 e. The standard InChI is InChI=1S/C13H23NO2/c1-9-6-5-7-10(8-9)11(14)12(15)16-13(2,3)4/h10-11H,1,5-8,14H2,2-4H3/t10-,11-/m0/s1. The van der Waals surface area contributed by atoms with Crippen molar-refractivity contribution in [2.45, 2.75) is 58.1 Å². The summed E-state index contributed by atoms with van der Waals surface area (Å²) in [7, 11) is 0. The van der Waals surface area contributed by atoms with Gasteiger partial charge in [-0.15, -0.1) is 0 Å². The minimum Gasteiger partial charge on any atom is -0.459 e. The summed E-state index contributed by atoms with van der Waals surface area (Å²) in [5.74, 6) is -0.0803. The normalized spacial score (nSPS) is 24.0. The van der Waals surface area contributed by atoms with E-state index in [1.165, 1.54) is 5.57 Å². The van der Waals surface area contributed by atoms with Crippen molar-refractivity contribution in [3.8, 4) is 0 Å². The van der Waals surface area contributed by atoms with E-state index in [4.69, 9.17) is 10.5 Å². The first-order chi connectivity index (χ1) is 7.29. The van der Waals surface area contributed by atoms with Crippen LogP contribution in [0.3, 0.4) is 0 Å². The maximum atomic E-state index is 11.8. The zero-order valence-electron chi connectivity index (χ0n) is 10.6. The second-order valence-electron chi connectivity index (χ2n) is 5.67. The molecule has 0 aromatic heterocycles. The van der Waals surface area contributed by atoms with Crippen LogP contribution in [0.2, 0.25) is 0 Å². The minimum absolute atomic E-state index is 0.205. The van der Waals surface area contributed by atoms with Gasteiger partial charge >= 0.3 is 5.97 Å². The molecule has 16 heavy (non-hydrogen) atoms. The lowest BCUT2D eigenvalue weighted by molar-refractivity contribution is -0.158. The predicted molar refractivity (Wildman–Crippen MR) is 64.9 cm³/mol. The van der Waals surface area contributed by atoms with Crippen LogP contribution in [0.25, 0.3) is 0 Å². The van der Waals surface area contributed by atoms with Crippen molar-refractivity contribution in [2.24, 2.45) is 11.7 Å². The van der Waals surface area contributed by atoms with E-state index in [-0.39, 0.29) is 11.9 Å². The molecular weight excluding hydrogens is 202 g/mol. The molecule has 1 saturated carbocycles.